The van der Waals surface area contributed by atoms with Crippen LogP contribution in [0.15, 0.2) is 30.3 Å². The molecule has 1 aromatic rings. The topological polar surface area (TPSA) is 40.5 Å². The number of benzene rings is 1. The van der Waals surface area contributed by atoms with Gasteiger partial charge >= 0.3 is 0 Å². The second kappa shape index (κ2) is 4.73. The number of carbonyl (C=O) groups is 1. The maximum Gasteiger partial charge on any atom is 0.166 e. The monoisotopic (exact) mass is 261 g/mol. The van der Waals surface area contributed by atoms with Crippen LogP contribution in [0.5, 0.6) is 0 Å². The van der Waals surface area contributed by atoms with E-state index in [0.717, 1.165) is 5.56 Å². The van der Waals surface area contributed by atoms with Gasteiger partial charge in [0.1, 0.15) is 0 Å². The molecule has 1 saturated heterocycles. The highest BCUT2D eigenvalue weighted by Crippen LogP contribution is 2.41. The Morgan fingerprint density at radius 2 is 1.58 bits per heavy atom. The zero-order valence-electron chi connectivity index (χ0n) is 12.2. The molecule has 104 valence electrons. The molecule has 0 atom stereocenters. The molecule has 1 N–H and O–H groups in total. The van der Waals surface area contributed by atoms with Gasteiger partial charge in [-0.05, 0) is 40.5 Å². The molecule has 0 amide bonds. The first-order valence-electron chi connectivity index (χ1n) is 6.82. The van der Waals surface area contributed by atoms with E-state index in [1.165, 1.54) is 5.06 Å². The first-order chi connectivity index (χ1) is 8.74. The lowest BCUT2D eigenvalue weighted by Gasteiger charge is -2.51. The predicted octanol–water partition coefficient (Wildman–Crippen LogP) is 3.53. The van der Waals surface area contributed by atoms with Crippen LogP contribution in [0.4, 0.5) is 0 Å². The Bertz CT molecular complexity index is 447. The molecule has 0 saturated carbocycles. The molecular weight excluding hydrogens is 238 g/mol. The Balaban J connectivity index is 2.25. The summed E-state index contributed by atoms with van der Waals surface area (Å²) in [6.07, 6.45) is 1.36. The summed E-state index contributed by atoms with van der Waals surface area (Å²) in [5.41, 5.74) is 0.0127. The third-order valence-corrected chi connectivity index (χ3v) is 4.07. The summed E-state index contributed by atoms with van der Waals surface area (Å²) in [4.78, 5) is 12.6. The first-order valence-corrected chi connectivity index (χ1v) is 6.82. The van der Waals surface area contributed by atoms with Crippen molar-refractivity contribution in [2.45, 2.75) is 51.6 Å². The highest BCUT2D eigenvalue weighted by atomic mass is 16.5. The molecule has 0 bridgehead atoms. The molecule has 19 heavy (non-hydrogen) atoms. The van der Waals surface area contributed by atoms with Gasteiger partial charge in [-0.3, -0.25) is 4.79 Å². The number of nitrogens with zero attached hydrogens (tertiary/aromatic N) is 1. The van der Waals surface area contributed by atoms with Gasteiger partial charge in [0.05, 0.1) is 0 Å². The smallest absolute Gasteiger partial charge is 0.166 e. The van der Waals surface area contributed by atoms with E-state index in [0.29, 0.717) is 12.8 Å². The molecule has 0 unspecified atom stereocenters. The van der Waals surface area contributed by atoms with E-state index >= 15 is 0 Å². The maximum atomic E-state index is 12.6. The zero-order chi connectivity index (χ0) is 14.3. The fourth-order valence-corrected chi connectivity index (χ4v) is 3.29. The van der Waals surface area contributed by atoms with Crippen LogP contribution in [0.25, 0.3) is 0 Å². The molecule has 1 fully saturated rings. The van der Waals surface area contributed by atoms with E-state index in [1.54, 1.807) is 0 Å². The Kier molecular flexibility index (Phi) is 3.54. The van der Waals surface area contributed by atoms with E-state index < -0.39 is 0 Å². The number of rotatable bonds is 2. The number of piperidine rings is 1. The quantitative estimate of drug-likeness (QED) is 0.828. The van der Waals surface area contributed by atoms with Crippen molar-refractivity contribution in [3.8, 4) is 0 Å². The van der Waals surface area contributed by atoms with Crippen LogP contribution >= 0.6 is 0 Å². The Morgan fingerprint density at radius 1 is 1.11 bits per heavy atom. The van der Waals surface area contributed by atoms with Gasteiger partial charge in [0.25, 0.3) is 0 Å². The molecule has 0 aliphatic carbocycles. The lowest BCUT2D eigenvalue weighted by atomic mass is 9.73. The van der Waals surface area contributed by atoms with Crippen LogP contribution in [0.2, 0.25) is 0 Å². The SMILES string of the molecule is CC1(C)CC(C(=O)c2ccccc2)CC(C)(C)N1O. The molecule has 2 rings (SSSR count). The van der Waals surface area contributed by atoms with Gasteiger partial charge < -0.3 is 5.21 Å². The first kappa shape index (κ1) is 14.2. The minimum Gasteiger partial charge on any atom is -0.313 e. The summed E-state index contributed by atoms with van der Waals surface area (Å²) in [5.74, 6) is 0.158. The highest BCUT2D eigenvalue weighted by Gasteiger charge is 2.46. The normalized spacial score (nSPS) is 23.2. The summed E-state index contributed by atoms with van der Waals surface area (Å²) >= 11 is 0. The molecule has 1 aromatic carbocycles. The van der Waals surface area contributed by atoms with Crippen LogP contribution in [0.1, 0.15) is 50.9 Å². The summed E-state index contributed by atoms with van der Waals surface area (Å²) in [6, 6.07) is 9.44. The fraction of sp³-hybridized carbons (Fsp3) is 0.562. The molecule has 3 nitrogen and oxygen atoms in total. The second-order valence-electron chi connectivity index (χ2n) is 6.77. The number of hydrogen-bond donors (Lipinski definition) is 1. The van der Waals surface area contributed by atoms with E-state index in [4.69, 9.17) is 0 Å². The van der Waals surface area contributed by atoms with E-state index in [1.807, 2.05) is 58.0 Å². The van der Waals surface area contributed by atoms with Crippen molar-refractivity contribution in [3.63, 3.8) is 0 Å². The molecule has 1 aliphatic rings. The maximum absolute atomic E-state index is 12.6. The lowest BCUT2D eigenvalue weighted by Crippen LogP contribution is -2.59. The minimum absolute atomic E-state index is 0.0317. The second-order valence-corrected chi connectivity index (χ2v) is 6.77. The van der Waals surface area contributed by atoms with Gasteiger partial charge in [0.15, 0.2) is 5.78 Å². The Hall–Kier alpha value is -1.19. The summed E-state index contributed by atoms with van der Waals surface area (Å²) in [6.45, 7) is 7.94. The van der Waals surface area contributed by atoms with Crippen LogP contribution in [0.3, 0.4) is 0 Å². The minimum atomic E-state index is -0.378. The number of ketones is 1. The van der Waals surface area contributed by atoms with E-state index in [-0.39, 0.29) is 22.8 Å². The van der Waals surface area contributed by atoms with Gasteiger partial charge in [-0.15, -0.1) is 0 Å². The molecule has 1 heterocycles. The standard InChI is InChI=1S/C16H23NO2/c1-15(2)10-13(11-16(3,4)17(15)19)14(18)12-8-6-5-7-9-12/h5-9,13,19H,10-11H2,1-4H3. The Morgan fingerprint density at radius 3 is 2.05 bits per heavy atom. The van der Waals surface area contributed by atoms with Crippen molar-refractivity contribution in [1.82, 2.24) is 5.06 Å². The fourth-order valence-electron chi connectivity index (χ4n) is 3.29. The molecule has 0 spiro atoms. The largest absolute Gasteiger partial charge is 0.313 e. The van der Waals surface area contributed by atoms with Crippen LogP contribution < -0.4 is 0 Å². The van der Waals surface area contributed by atoms with Crippen molar-refractivity contribution in [2.24, 2.45) is 5.92 Å². The van der Waals surface area contributed by atoms with Gasteiger partial charge in [0.2, 0.25) is 0 Å². The van der Waals surface area contributed by atoms with Crippen molar-refractivity contribution in [2.75, 3.05) is 0 Å². The number of Topliss-reactive ketones (excluding diaryl/α,β-unsaturated/α-hetero) is 1. The molecular formula is C16H23NO2. The van der Waals surface area contributed by atoms with Gasteiger partial charge in [0, 0.05) is 22.6 Å². The van der Waals surface area contributed by atoms with Crippen molar-refractivity contribution < 1.29 is 10.0 Å². The molecule has 0 aromatic heterocycles. The molecule has 1 aliphatic heterocycles. The Labute approximate surface area is 115 Å². The third kappa shape index (κ3) is 2.72. The van der Waals surface area contributed by atoms with Crippen LogP contribution in [0, 0.1) is 5.92 Å². The lowest BCUT2D eigenvalue weighted by molar-refractivity contribution is -0.247. The van der Waals surface area contributed by atoms with Crippen molar-refractivity contribution >= 4 is 5.78 Å². The highest BCUT2D eigenvalue weighted by molar-refractivity contribution is 5.98. The summed E-state index contributed by atoms with van der Waals surface area (Å²) < 4.78 is 0. The molecule has 0 radical (unpaired) electrons. The number of hydroxylamine groups is 2. The molecule has 3 heteroatoms. The van der Waals surface area contributed by atoms with Crippen molar-refractivity contribution in [3.05, 3.63) is 35.9 Å². The number of carbonyl (C=O) groups excluding carboxylic acids is 1. The van der Waals surface area contributed by atoms with Gasteiger partial charge in [-0.1, -0.05) is 30.3 Å². The van der Waals surface area contributed by atoms with E-state index in [2.05, 4.69) is 0 Å². The van der Waals surface area contributed by atoms with Gasteiger partial charge in [-0.25, -0.2) is 0 Å². The predicted molar refractivity (Wildman–Crippen MR) is 75.3 cm³/mol. The average molecular weight is 261 g/mol. The van der Waals surface area contributed by atoms with Crippen molar-refractivity contribution in [1.29, 1.82) is 0 Å². The van der Waals surface area contributed by atoms with Crippen LogP contribution in [-0.4, -0.2) is 27.1 Å². The summed E-state index contributed by atoms with van der Waals surface area (Å²) in [7, 11) is 0. The number of hydrogen-bond acceptors (Lipinski definition) is 3. The zero-order valence-corrected chi connectivity index (χ0v) is 12.2. The van der Waals surface area contributed by atoms with E-state index in [9.17, 15) is 10.0 Å². The summed E-state index contributed by atoms with van der Waals surface area (Å²) in [5, 5.41) is 11.7. The van der Waals surface area contributed by atoms with Gasteiger partial charge in [-0.2, -0.15) is 5.06 Å². The average Bonchev–Trinajstić information content (AvgIpc) is 2.35. The third-order valence-electron chi connectivity index (χ3n) is 4.07. The van der Waals surface area contributed by atoms with Crippen LogP contribution in [-0.2, 0) is 0 Å².